The maximum atomic E-state index is 6.06. The maximum absolute atomic E-state index is 6.06. The van der Waals surface area contributed by atoms with E-state index in [1.54, 1.807) is 5.57 Å². The van der Waals surface area contributed by atoms with E-state index in [-0.39, 0.29) is 5.60 Å². The number of hydrogen-bond acceptors (Lipinski definition) is 2. The Morgan fingerprint density at radius 3 is 2.73 bits per heavy atom. The van der Waals surface area contributed by atoms with Gasteiger partial charge < -0.3 is 10.5 Å². The van der Waals surface area contributed by atoms with Crippen LogP contribution in [0.3, 0.4) is 0 Å². The summed E-state index contributed by atoms with van der Waals surface area (Å²) in [6, 6.07) is 0. The molecule has 15 heavy (non-hydrogen) atoms. The first-order valence-corrected chi connectivity index (χ1v) is 6.27. The average Bonchev–Trinajstić information content (AvgIpc) is 2.29. The first-order valence-electron chi connectivity index (χ1n) is 6.27. The van der Waals surface area contributed by atoms with Gasteiger partial charge in [0.25, 0.3) is 0 Å². The Balaban J connectivity index is 2.09. The molecular formula is C13H23NO. The second-order valence-corrected chi connectivity index (χ2v) is 5.11. The second kappa shape index (κ2) is 4.67. The zero-order valence-electron chi connectivity index (χ0n) is 9.85. The second-order valence-electron chi connectivity index (χ2n) is 5.11. The van der Waals surface area contributed by atoms with Crippen LogP contribution in [0, 0.1) is 0 Å². The van der Waals surface area contributed by atoms with E-state index >= 15 is 0 Å². The Bertz CT molecular complexity index is 246. The van der Waals surface area contributed by atoms with Crippen LogP contribution in [0.1, 0.15) is 51.9 Å². The molecule has 1 spiro atoms. The molecule has 86 valence electrons. The molecule has 0 radical (unpaired) electrons. The van der Waals surface area contributed by atoms with Gasteiger partial charge in [0.05, 0.1) is 12.2 Å². The fraction of sp³-hybridized carbons (Fsp3) is 0.846. The Morgan fingerprint density at radius 2 is 2.07 bits per heavy atom. The van der Waals surface area contributed by atoms with Crippen LogP contribution in [0.25, 0.3) is 0 Å². The number of nitrogens with two attached hydrogens (primary N) is 1. The highest BCUT2D eigenvalue weighted by molar-refractivity contribution is 5.18. The lowest BCUT2D eigenvalue weighted by Crippen LogP contribution is -2.39. The van der Waals surface area contributed by atoms with E-state index < -0.39 is 0 Å². The molecule has 2 aliphatic rings. The predicted octanol–water partition coefficient (Wildman–Crippen LogP) is 2.77. The van der Waals surface area contributed by atoms with E-state index in [0.717, 1.165) is 19.4 Å². The van der Waals surface area contributed by atoms with Gasteiger partial charge in [0.1, 0.15) is 0 Å². The smallest absolute Gasteiger partial charge is 0.0719 e. The minimum atomic E-state index is 0.197. The monoisotopic (exact) mass is 209 g/mol. The summed E-state index contributed by atoms with van der Waals surface area (Å²) in [5.41, 5.74) is 8.89. The summed E-state index contributed by atoms with van der Waals surface area (Å²) in [7, 11) is 0. The van der Waals surface area contributed by atoms with Crippen molar-refractivity contribution in [2.75, 3.05) is 13.2 Å². The predicted molar refractivity (Wildman–Crippen MR) is 62.8 cm³/mol. The average molecular weight is 209 g/mol. The van der Waals surface area contributed by atoms with Crippen molar-refractivity contribution in [3.8, 4) is 0 Å². The van der Waals surface area contributed by atoms with Crippen LogP contribution in [0.4, 0.5) is 0 Å². The van der Waals surface area contributed by atoms with E-state index in [1.807, 2.05) is 0 Å². The maximum Gasteiger partial charge on any atom is 0.0719 e. The zero-order valence-corrected chi connectivity index (χ0v) is 9.85. The van der Waals surface area contributed by atoms with Crippen molar-refractivity contribution in [2.45, 2.75) is 57.5 Å². The van der Waals surface area contributed by atoms with Crippen molar-refractivity contribution >= 4 is 0 Å². The molecule has 2 rings (SSSR count). The van der Waals surface area contributed by atoms with Gasteiger partial charge >= 0.3 is 0 Å². The summed E-state index contributed by atoms with van der Waals surface area (Å²) in [4.78, 5) is 0. The van der Waals surface area contributed by atoms with Crippen LogP contribution in [0.5, 0.6) is 0 Å². The molecule has 1 saturated carbocycles. The number of rotatable bonds is 1. The van der Waals surface area contributed by atoms with Crippen molar-refractivity contribution in [2.24, 2.45) is 5.73 Å². The molecule has 2 fully saturated rings. The first kappa shape index (κ1) is 11.2. The van der Waals surface area contributed by atoms with Crippen molar-refractivity contribution in [1.29, 1.82) is 0 Å². The Kier molecular flexibility index (Phi) is 3.47. The number of hydrogen-bond donors (Lipinski definition) is 1. The summed E-state index contributed by atoms with van der Waals surface area (Å²) in [5, 5.41) is 0. The van der Waals surface area contributed by atoms with Gasteiger partial charge in [0.15, 0.2) is 0 Å². The van der Waals surface area contributed by atoms with Crippen LogP contribution in [0.2, 0.25) is 0 Å². The van der Waals surface area contributed by atoms with Crippen molar-refractivity contribution in [3.05, 3.63) is 11.1 Å². The first-order chi connectivity index (χ1) is 7.26. The van der Waals surface area contributed by atoms with Crippen LogP contribution in [-0.4, -0.2) is 18.8 Å². The highest BCUT2D eigenvalue weighted by Crippen LogP contribution is 2.41. The van der Waals surface area contributed by atoms with Crippen molar-refractivity contribution in [3.63, 3.8) is 0 Å². The molecule has 1 aliphatic heterocycles. The van der Waals surface area contributed by atoms with E-state index in [1.165, 1.54) is 37.7 Å². The minimum Gasteiger partial charge on any atom is -0.374 e. The molecule has 2 nitrogen and oxygen atoms in total. The van der Waals surface area contributed by atoms with E-state index in [0.29, 0.717) is 6.54 Å². The Labute approximate surface area is 92.9 Å². The molecule has 0 bridgehead atoms. The van der Waals surface area contributed by atoms with E-state index in [2.05, 4.69) is 6.92 Å². The lowest BCUT2D eigenvalue weighted by atomic mass is 9.77. The number of ether oxygens (including phenoxy) is 1. The molecule has 0 aromatic carbocycles. The molecule has 0 atom stereocenters. The fourth-order valence-electron chi connectivity index (χ4n) is 2.94. The van der Waals surface area contributed by atoms with Gasteiger partial charge in [0, 0.05) is 6.54 Å². The minimum absolute atomic E-state index is 0.197. The fourth-order valence-corrected chi connectivity index (χ4v) is 2.94. The summed E-state index contributed by atoms with van der Waals surface area (Å²) in [5.74, 6) is 0. The molecule has 1 aliphatic carbocycles. The van der Waals surface area contributed by atoms with Gasteiger partial charge in [-0.1, -0.05) is 30.4 Å². The molecule has 1 heterocycles. The van der Waals surface area contributed by atoms with Gasteiger partial charge in [-0.05, 0) is 32.6 Å². The summed E-state index contributed by atoms with van der Waals surface area (Å²) in [6.45, 7) is 3.80. The van der Waals surface area contributed by atoms with Gasteiger partial charge in [-0.25, -0.2) is 0 Å². The van der Waals surface area contributed by atoms with Crippen LogP contribution in [-0.2, 0) is 4.74 Å². The van der Waals surface area contributed by atoms with E-state index in [4.69, 9.17) is 10.5 Å². The molecule has 2 heteroatoms. The third-order valence-electron chi connectivity index (χ3n) is 4.02. The van der Waals surface area contributed by atoms with Gasteiger partial charge in [-0.2, -0.15) is 0 Å². The van der Waals surface area contributed by atoms with Gasteiger partial charge in [-0.15, -0.1) is 0 Å². The lowest BCUT2D eigenvalue weighted by Gasteiger charge is -2.42. The van der Waals surface area contributed by atoms with Gasteiger partial charge in [-0.3, -0.25) is 0 Å². The summed E-state index contributed by atoms with van der Waals surface area (Å²) in [6.07, 6.45) is 8.84. The largest absolute Gasteiger partial charge is 0.374 e. The third kappa shape index (κ3) is 2.43. The van der Waals surface area contributed by atoms with Crippen LogP contribution < -0.4 is 5.73 Å². The van der Waals surface area contributed by atoms with E-state index in [9.17, 15) is 0 Å². The normalized spacial score (nSPS) is 29.2. The van der Waals surface area contributed by atoms with Crippen molar-refractivity contribution < 1.29 is 4.74 Å². The summed E-state index contributed by atoms with van der Waals surface area (Å²) < 4.78 is 6.06. The van der Waals surface area contributed by atoms with Crippen molar-refractivity contribution in [1.82, 2.24) is 0 Å². The van der Waals surface area contributed by atoms with Crippen LogP contribution in [0.15, 0.2) is 11.1 Å². The zero-order chi connectivity index (χ0) is 10.7. The molecule has 0 aromatic heterocycles. The highest BCUT2D eigenvalue weighted by Gasteiger charge is 2.36. The SMILES string of the molecule is CC(CN)=C1CCOC2(CCCCC2)C1. The Hall–Kier alpha value is -0.340. The highest BCUT2D eigenvalue weighted by atomic mass is 16.5. The molecule has 0 aromatic rings. The molecular weight excluding hydrogens is 186 g/mol. The van der Waals surface area contributed by atoms with Crippen LogP contribution >= 0.6 is 0 Å². The standard InChI is InChI=1S/C13H23NO/c1-11(10-14)12-5-8-15-13(9-12)6-3-2-4-7-13/h2-10,14H2,1H3. The lowest BCUT2D eigenvalue weighted by molar-refractivity contribution is -0.0842. The Morgan fingerprint density at radius 1 is 1.33 bits per heavy atom. The van der Waals surface area contributed by atoms with Gasteiger partial charge in [0.2, 0.25) is 0 Å². The topological polar surface area (TPSA) is 35.2 Å². The summed E-state index contributed by atoms with van der Waals surface area (Å²) >= 11 is 0. The molecule has 0 unspecified atom stereocenters. The molecule has 1 saturated heterocycles. The molecule has 2 N–H and O–H groups in total. The third-order valence-corrected chi connectivity index (χ3v) is 4.02. The quantitative estimate of drug-likeness (QED) is 0.674. The molecule has 0 amide bonds.